The summed E-state index contributed by atoms with van der Waals surface area (Å²) in [6.07, 6.45) is 1.77. The van der Waals surface area contributed by atoms with Gasteiger partial charge in [0.2, 0.25) is 5.91 Å². The van der Waals surface area contributed by atoms with Gasteiger partial charge in [-0.3, -0.25) is 4.79 Å². The van der Waals surface area contributed by atoms with Crippen LogP contribution in [0.5, 0.6) is 0 Å². The molecule has 116 valence electrons. The van der Waals surface area contributed by atoms with E-state index in [4.69, 9.17) is 0 Å². The minimum atomic E-state index is -2.97. The topological polar surface area (TPSA) is 54.5 Å². The zero-order chi connectivity index (χ0) is 15.5. The fraction of sp³-hybridized carbons (Fsp3) is 0.562. The normalized spacial score (nSPS) is 20.4. The van der Waals surface area contributed by atoms with Crippen LogP contribution in [0.4, 0.5) is 0 Å². The Bertz CT molecular complexity index is 610. The summed E-state index contributed by atoms with van der Waals surface area (Å²) in [5.74, 6) is 0.357. The fourth-order valence-corrected chi connectivity index (χ4v) is 4.58. The van der Waals surface area contributed by atoms with Gasteiger partial charge in [0.05, 0.1) is 17.9 Å². The van der Waals surface area contributed by atoms with Crippen molar-refractivity contribution >= 4 is 15.7 Å². The molecule has 0 unspecified atom stereocenters. The predicted molar refractivity (Wildman–Crippen MR) is 83.9 cm³/mol. The average molecular weight is 309 g/mol. The minimum absolute atomic E-state index is 0.0354. The SMILES string of the molecule is CCCN(C(=O)Cc1ccccc1C)[C@H]1CCS(=O)(=O)C1. The van der Waals surface area contributed by atoms with Gasteiger partial charge in [0.1, 0.15) is 0 Å². The summed E-state index contributed by atoms with van der Waals surface area (Å²) in [6, 6.07) is 7.69. The van der Waals surface area contributed by atoms with E-state index in [0.29, 0.717) is 19.4 Å². The molecule has 1 atom stereocenters. The van der Waals surface area contributed by atoms with E-state index in [9.17, 15) is 13.2 Å². The molecule has 0 saturated carbocycles. The van der Waals surface area contributed by atoms with Gasteiger partial charge in [-0.1, -0.05) is 31.2 Å². The first-order valence-corrected chi connectivity index (χ1v) is 9.29. The summed E-state index contributed by atoms with van der Waals surface area (Å²) in [5.41, 5.74) is 2.12. The van der Waals surface area contributed by atoms with E-state index in [-0.39, 0.29) is 23.5 Å². The second-order valence-electron chi connectivity index (χ2n) is 5.75. The van der Waals surface area contributed by atoms with Crippen molar-refractivity contribution < 1.29 is 13.2 Å². The largest absolute Gasteiger partial charge is 0.338 e. The van der Waals surface area contributed by atoms with E-state index < -0.39 is 9.84 Å². The van der Waals surface area contributed by atoms with Gasteiger partial charge in [-0.25, -0.2) is 8.42 Å². The summed E-state index contributed by atoms with van der Waals surface area (Å²) in [7, 11) is -2.97. The minimum Gasteiger partial charge on any atom is -0.338 e. The number of aryl methyl sites for hydroxylation is 1. The van der Waals surface area contributed by atoms with Crippen LogP contribution in [0.3, 0.4) is 0 Å². The van der Waals surface area contributed by atoms with Crippen molar-refractivity contribution in [2.45, 2.75) is 39.2 Å². The van der Waals surface area contributed by atoms with Gasteiger partial charge >= 0.3 is 0 Å². The molecule has 1 saturated heterocycles. The number of hydrogen-bond donors (Lipinski definition) is 0. The van der Waals surface area contributed by atoms with Crippen molar-refractivity contribution in [3.05, 3.63) is 35.4 Å². The summed E-state index contributed by atoms with van der Waals surface area (Å²) in [5, 5.41) is 0. The Balaban J connectivity index is 2.11. The highest BCUT2D eigenvalue weighted by molar-refractivity contribution is 7.91. The van der Waals surface area contributed by atoms with E-state index in [1.807, 2.05) is 38.1 Å². The molecular weight excluding hydrogens is 286 g/mol. The molecule has 0 aliphatic carbocycles. The number of amides is 1. The average Bonchev–Trinajstić information content (AvgIpc) is 2.78. The third-order valence-corrected chi connectivity index (χ3v) is 5.79. The summed E-state index contributed by atoms with van der Waals surface area (Å²) in [6.45, 7) is 4.63. The predicted octanol–water partition coefficient (Wildman–Crippen LogP) is 1.96. The second-order valence-corrected chi connectivity index (χ2v) is 7.98. The van der Waals surface area contributed by atoms with Gasteiger partial charge in [0.15, 0.2) is 9.84 Å². The molecule has 0 aromatic heterocycles. The number of sulfone groups is 1. The summed E-state index contributed by atoms with van der Waals surface area (Å²) < 4.78 is 23.3. The monoisotopic (exact) mass is 309 g/mol. The van der Waals surface area contributed by atoms with Gasteiger partial charge in [-0.2, -0.15) is 0 Å². The number of carbonyl (C=O) groups is 1. The molecule has 2 rings (SSSR count). The lowest BCUT2D eigenvalue weighted by Crippen LogP contribution is -2.42. The van der Waals surface area contributed by atoms with Gasteiger partial charge in [0, 0.05) is 12.6 Å². The summed E-state index contributed by atoms with van der Waals surface area (Å²) in [4.78, 5) is 14.4. The smallest absolute Gasteiger partial charge is 0.227 e. The van der Waals surface area contributed by atoms with E-state index >= 15 is 0 Å². The van der Waals surface area contributed by atoms with E-state index in [1.54, 1.807) is 4.90 Å². The number of nitrogens with zero attached hydrogens (tertiary/aromatic N) is 1. The van der Waals surface area contributed by atoms with Crippen molar-refractivity contribution in [1.29, 1.82) is 0 Å². The number of hydrogen-bond acceptors (Lipinski definition) is 3. The molecule has 1 fully saturated rings. The molecule has 0 bridgehead atoms. The van der Waals surface area contributed by atoms with Crippen molar-refractivity contribution in [2.75, 3.05) is 18.1 Å². The van der Waals surface area contributed by atoms with Crippen molar-refractivity contribution in [2.24, 2.45) is 0 Å². The molecule has 1 aliphatic rings. The molecule has 5 heteroatoms. The Hall–Kier alpha value is -1.36. The Kier molecular flexibility index (Phi) is 5.04. The molecule has 4 nitrogen and oxygen atoms in total. The van der Waals surface area contributed by atoms with Crippen molar-refractivity contribution in [3.8, 4) is 0 Å². The Labute approximate surface area is 127 Å². The first-order valence-electron chi connectivity index (χ1n) is 7.47. The van der Waals surface area contributed by atoms with Crippen molar-refractivity contribution in [1.82, 2.24) is 4.90 Å². The fourth-order valence-electron chi connectivity index (χ4n) is 2.85. The van der Waals surface area contributed by atoms with Gasteiger partial charge in [-0.15, -0.1) is 0 Å². The van der Waals surface area contributed by atoms with E-state index in [1.165, 1.54) is 0 Å². The Morgan fingerprint density at radius 2 is 2.05 bits per heavy atom. The standard InChI is InChI=1S/C16H23NO3S/c1-3-9-17(15-8-10-21(19,20)12-15)16(18)11-14-7-5-4-6-13(14)2/h4-7,15H,3,8-12H2,1-2H3/t15-/m0/s1. The molecule has 1 aromatic carbocycles. The van der Waals surface area contributed by atoms with E-state index in [2.05, 4.69) is 0 Å². The van der Waals surface area contributed by atoms with Crippen LogP contribution in [-0.4, -0.2) is 43.3 Å². The molecular formula is C16H23NO3S. The first kappa shape index (κ1) is 16.0. The molecule has 0 radical (unpaired) electrons. The molecule has 1 amide bonds. The highest BCUT2D eigenvalue weighted by Gasteiger charge is 2.34. The van der Waals surface area contributed by atoms with E-state index in [0.717, 1.165) is 17.5 Å². The van der Waals surface area contributed by atoms with Crippen LogP contribution in [-0.2, 0) is 21.1 Å². The lowest BCUT2D eigenvalue weighted by molar-refractivity contribution is -0.132. The highest BCUT2D eigenvalue weighted by atomic mass is 32.2. The molecule has 0 spiro atoms. The lowest BCUT2D eigenvalue weighted by Gasteiger charge is -2.28. The molecule has 1 heterocycles. The Morgan fingerprint density at radius 1 is 1.33 bits per heavy atom. The number of benzene rings is 1. The third-order valence-electron chi connectivity index (χ3n) is 4.04. The molecule has 0 N–H and O–H groups in total. The van der Waals surface area contributed by atoms with Crippen LogP contribution in [0.15, 0.2) is 24.3 Å². The van der Waals surface area contributed by atoms with Crippen LogP contribution in [0.2, 0.25) is 0 Å². The quantitative estimate of drug-likeness (QED) is 0.835. The van der Waals surface area contributed by atoms with Crippen LogP contribution in [0.25, 0.3) is 0 Å². The first-order chi connectivity index (χ1) is 9.93. The number of carbonyl (C=O) groups excluding carboxylic acids is 1. The maximum absolute atomic E-state index is 12.6. The molecule has 1 aliphatic heterocycles. The molecule has 21 heavy (non-hydrogen) atoms. The Morgan fingerprint density at radius 3 is 2.62 bits per heavy atom. The van der Waals surface area contributed by atoms with Crippen LogP contribution >= 0.6 is 0 Å². The zero-order valence-electron chi connectivity index (χ0n) is 12.7. The lowest BCUT2D eigenvalue weighted by atomic mass is 10.0. The highest BCUT2D eigenvalue weighted by Crippen LogP contribution is 2.20. The van der Waals surface area contributed by atoms with Gasteiger partial charge in [-0.05, 0) is 30.9 Å². The summed E-state index contributed by atoms with van der Waals surface area (Å²) >= 11 is 0. The molecule has 1 aromatic rings. The van der Waals surface area contributed by atoms with Gasteiger partial charge < -0.3 is 4.90 Å². The van der Waals surface area contributed by atoms with Crippen LogP contribution < -0.4 is 0 Å². The number of rotatable bonds is 5. The maximum Gasteiger partial charge on any atom is 0.227 e. The van der Waals surface area contributed by atoms with Crippen molar-refractivity contribution in [3.63, 3.8) is 0 Å². The van der Waals surface area contributed by atoms with Gasteiger partial charge in [0.25, 0.3) is 0 Å². The third kappa shape index (κ3) is 4.06. The second kappa shape index (κ2) is 6.60. The maximum atomic E-state index is 12.6. The van der Waals surface area contributed by atoms with Crippen LogP contribution in [0, 0.1) is 6.92 Å². The van der Waals surface area contributed by atoms with Crippen LogP contribution in [0.1, 0.15) is 30.9 Å². The zero-order valence-corrected chi connectivity index (χ0v) is 13.5.